The van der Waals surface area contributed by atoms with E-state index in [0.29, 0.717) is 5.13 Å². The van der Waals surface area contributed by atoms with Crippen LogP contribution in [0.2, 0.25) is 0 Å². The Bertz CT molecular complexity index is 996. The van der Waals surface area contributed by atoms with Gasteiger partial charge >= 0.3 is 0 Å². The smallest absolute Gasteiger partial charge is 0.181 e. The number of nitrogens with zero attached hydrogens (tertiary/aromatic N) is 3. The third-order valence-corrected chi connectivity index (χ3v) is 4.55. The molecule has 0 spiro atoms. The molecule has 4 rings (SSSR count). The van der Waals surface area contributed by atoms with Crippen LogP contribution < -0.4 is 5.73 Å². The lowest BCUT2D eigenvalue weighted by atomic mass is 10.1. The summed E-state index contributed by atoms with van der Waals surface area (Å²) in [5.74, 6) is 0. The average molecular weight is 306 g/mol. The van der Waals surface area contributed by atoms with Crippen molar-refractivity contribution in [3.05, 3.63) is 66.1 Å². The number of imidazole rings is 1. The van der Waals surface area contributed by atoms with Crippen molar-refractivity contribution in [2.75, 3.05) is 5.73 Å². The minimum absolute atomic E-state index is 0.610. The van der Waals surface area contributed by atoms with E-state index in [2.05, 4.69) is 33.1 Å². The van der Waals surface area contributed by atoms with E-state index < -0.39 is 0 Å². The molecule has 108 valence electrons. The molecule has 4 aromatic rings. The Kier molecular flexibility index (Phi) is 2.94. The number of nitrogen functional groups attached to an aromatic ring is 1. The van der Waals surface area contributed by atoms with Crippen LogP contribution in [0.3, 0.4) is 0 Å². The topological polar surface area (TPSA) is 56.2 Å². The maximum atomic E-state index is 5.76. The number of pyridine rings is 1. The van der Waals surface area contributed by atoms with Gasteiger partial charge in [0.15, 0.2) is 5.13 Å². The molecule has 0 fully saturated rings. The van der Waals surface area contributed by atoms with Crippen LogP contribution in [-0.4, -0.2) is 14.4 Å². The second-order valence-corrected chi connectivity index (χ2v) is 6.24. The Labute approximate surface area is 131 Å². The van der Waals surface area contributed by atoms with Crippen LogP contribution in [0.15, 0.2) is 49.3 Å². The molecule has 0 radical (unpaired) electrons. The lowest BCUT2D eigenvalue weighted by molar-refractivity contribution is 1.03. The summed E-state index contributed by atoms with van der Waals surface area (Å²) < 4.78 is 3.23. The summed E-state index contributed by atoms with van der Waals surface area (Å²) in [6.07, 6.45) is 6.62. The number of rotatable bonds is 3. The van der Waals surface area contributed by atoms with Gasteiger partial charge in [-0.25, -0.2) is 9.97 Å². The molecule has 0 bridgehead atoms. The van der Waals surface area contributed by atoms with Gasteiger partial charge in [0.2, 0.25) is 0 Å². The number of aromatic nitrogens is 3. The SMILES string of the molecule is C=Cc1ccn2c(Cc3ccc4nc(N)sc4c3)cnc2c1. The molecule has 5 heteroatoms. The summed E-state index contributed by atoms with van der Waals surface area (Å²) in [6, 6.07) is 10.3. The molecule has 3 heterocycles. The first-order valence-electron chi connectivity index (χ1n) is 6.96. The van der Waals surface area contributed by atoms with Crippen molar-refractivity contribution in [2.45, 2.75) is 6.42 Å². The second-order valence-electron chi connectivity index (χ2n) is 5.17. The van der Waals surface area contributed by atoms with Gasteiger partial charge in [0, 0.05) is 24.5 Å². The first-order valence-corrected chi connectivity index (χ1v) is 7.78. The highest BCUT2D eigenvalue weighted by molar-refractivity contribution is 7.22. The predicted molar refractivity (Wildman–Crippen MR) is 92.1 cm³/mol. The van der Waals surface area contributed by atoms with Gasteiger partial charge in [0.05, 0.1) is 10.2 Å². The number of anilines is 1. The zero-order valence-corrected chi connectivity index (χ0v) is 12.7. The van der Waals surface area contributed by atoms with E-state index in [1.165, 1.54) is 16.9 Å². The molecule has 2 N–H and O–H groups in total. The van der Waals surface area contributed by atoms with Crippen molar-refractivity contribution in [1.29, 1.82) is 0 Å². The van der Waals surface area contributed by atoms with Crippen LogP contribution in [0, 0.1) is 0 Å². The predicted octanol–water partition coefficient (Wildman–Crippen LogP) is 3.76. The summed E-state index contributed by atoms with van der Waals surface area (Å²) in [4.78, 5) is 8.76. The van der Waals surface area contributed by atoms with Gasteiger partial charge in [0.1, 0.15) is 5.65 Å². The molecule has 22 heavy (non-hydrogen) atoms. The monoisotopic (exact) mass is 306 g/mol. The summed E-state index contributed by atoms with van der Waals surface area (Å²) in [7, 11) is 0. The minimum Gasteiger partial charge on any atom is -0.375 e. The molecule has 0 atom stereocenters. The summed E-state index contributed by atoms with van der Waals surface area (Å²) in [5.41, 5.74) is 11.1. The van der Waals surface area contributed by atoms with Crippen LogP contribution in [0.4, 0.5) is 5.13 Å². The van der Waals surface area contributed by atoms with Crippen molar-refractivity contribution < 1.29 is 0 Å². The molecule has 0 unspecified atom stereocenters. The van der Waals surface area contributed by atoms with Crippen molar-refractivity contribution in [3.8, 4) is 0 Å². The first-order chi connectivity index (χ1) is 10.7. The van der Waals surface area contributed by atoms with Gasteiger partial charge in [-0.1, -0.05) is 30.1 Å². The summed E-state index contributed by atoms with van der Waals surface area (Å²) in [5, 5.41) is 0.610. The van der Waals surface area contributed by atoms with Gasteiger partial charge < -0.3 is 10.1 Å². The Hall–Kier alpha value is -2.66. The van der Waals surface area contributed by atoms with Crippen molar-refractivity contribution >= 4 is 38.4 Å². The Morgan fingerprint density at radius 3 is 3.05 bits per heavy atom. The fourth-order valence-corrected chi connectivity index (χ4v) is 3.41. The number of hydrogen-bond acceptors (Lipinski definition) is 4. The van der Waals surface area contributed by atoms with E-state index in [1.54, 1.807) is 0 Å². The van der Waals surface area contributed by atoms with Gasteiger partial charge in [-0.15, -0.1) is 0 Å². The Morgan fingerprint density at radius 1 is 1.27 bits per heavy atom. The maximum absolute atomic E-state index is 5.76. The van der Waals surface area contributed by atoms with Gasteiger partial charge in [-0.2, -0.15) is 0 Å². The summed E-state index contributed by atoms with van der Waals surface area (Å²) >= 11 is 1.52. The van der Waals surface area contributed by atoms with Crippen LogP contribution >= 0.6 is 11.3 Å². The average Bonchev–Trinajstić information content (AvgIpc) is 3.09. The number of benzene rings is 1. The highest BCUT2D eigenvalue weighted by Gasteiger charge is 2.07. The highest BCUT2D eigenvalue weighted by atomic mass is 32.1. The molecule has 3 aromatic heterocycles. The molecule has 0 saturated carbocycles. The molecule has 1 aromatic carbocycles. The molecule has 0 aliphatic carbocycles. The van der Waals surface area contributed by atoms with Crippen LogP contribution in [0.5, 0.6) is 0 Å². The van der Waals surface area contributed by atoms with E-state index in [1.807, 2.05) is 36.7 Å². The van der Waals surface area contributed by atoms with E-state index >= 15 is 0 Å². The highest BCUT2D eigenvalue weighted by Crippen LogP contribution is 2.25. The van der Waals surface area contributed by atoms with Crippen molar-refractivity contribution in [3.63, 3.8) is 0 Å². The minimum atomic E-state index is 0.610. The molecule has 0 amide bonds. The fraction of sp³-hybridized carbons (Fsp3) is 0.0588. The second kappa shape index (κ2) is 4.96. The van der Waals surface area contributed by atoms with Crippen LogP contribution in [0.25, 0.3) is 21.9 Å². The number of hydrogen-bond donors (Lipinski definition) is 1. The third kappa shape index (κ3) is 2.16. The van der Waals surface area contributed by atoms with E-state index in [9.17, 15) is 0 Å². The number of thiazole rings is 1. The van der Waals surface area contributed by atoms with E-state index in [-0.39, 0.29) is 0 Å². The summed E-state index contributed by atoms with van der Waals surface area (Å²) in [6.45, 7) is 3.79. The molecule has 4 nitrogen and oxygen atoms in total. The molecular formula is C17H14N4S. The maximum Gasteiger partial charge on any atom is 0.181 e. The van der Waals surface area contributed by atoms with Crippen molar-refractivity contribution in [2.24, 2.45) is 0 Å². The molecule has 0 saturated heterocycles. The standard InChI is InChI=1S/C17H14N4S/c1-2-11-5-6-21-13(10-19-16(21)9-11)7-12-3-4-14-15(8-12)22-17(18)20-14/h2-6,8-10H,1,7H2,(H2,18,20). The Morgan fingerprint density at radius 2 is 2.18 bits per heavy atom. The van der Waals surface area contributed by atoms with E-state index in [4.69, 9.17) is 5.73 Å². The number of nitrogens with two attached hydrogens (primary N) is 1. The largest absolute Gasteiger partial charge is 0.375 e. The molecular weight excluding hydrogens is 292 g/mol. The van der Waals surface area contributed by atoms with Gasteiger partial charge in [-0.3, -0.25) is 0 Å². The lowest BCUT2D eigenvalue weighted by Crippen LogP contribution is -1.94. The lowest BCUT2D eigenvalue weighted by Gasteiger charge is -2.03. The zero-order chi connectivity index (χ0) is 15.1. The quantitative estimate of drug-likeness (QED) is 0.627. The fourth-order valence-electron chi connectivity index (χ4n) is 2.61. The normalized spacial score (nSPS) is 11.3. The van der Waals surface area contributed by atoms with Gasteiger partial charge in [-0.05, 0) is 35.4 Å². The number of fused-ring (bicyclic) bond motifs is 2. The van der Waals surface area contributed by atoms with Gasteiger partial charge in [0.25, 0.3) is 0 Å². The molecule has 0 aliphatic rings. The van der Waals surface area contributed by atoms with Crippen LogP contribution in [0.1, 0.15) is 16.8 Å². The van der Waals surface area contributed by atoms with Crippen LogP contribution in [-0.2, 0) is 6.42 Å². The molecule has 0 aliphatic heterocycles. The van der Waals surface area contributed by atoms with Crippen molar-refractivity contribution in [1.82, 2.24) is 14.4 Å². The van der Waals surface area contributed by atoms with E-state index in [0.717, 1.165) is 33.5 Å². The first kappa shape index (κ1) is 13.0. The third-order valence-electron chi connectivity index (χ3n) is 3.70. The zero-order valence-electron chi connectivity index (χ0n) is 11.9. The Balaban J connectivity index is 1.73.